The minimum atomic E-state index is -1.53. The highest BCUT2D eigenvalue weighted by Gasteiger charge is 2.51. The largest absolute Gasteiger partial charge is 0.488 e. The van der Waals surface area contributed by atoms with Crippen LogP contribution < -0.4 is 5.46 Å². The SMILES string of the molecule is OB(O)c1ccc2c(c1)C1(c3ccccc3-c3ccccc31)c1cc(-c3cccc4ccccc34)ccc1-2. The van der Waals surface area contributed by atoms with Crippen LogP contribution in [0.4, 0.5) is 0 Å². The Bertz CT molecular complexity index is 1870. The number of rotatable bonds is 2. The normalized spacial score (nSPS) is 13.7. The van der Waals surface area contributed by atoms with E-state index in [1.165, 1.54) is 55.3 Å². The first-order valence-corrected chi connectivity index (χ1v) is 13.0. The fraction of sp³-hybridized carbons (Fsp3) is 0.0286. The van der Waals surface area contributed by atoms with Crippen LogP contribution in [0.1, 0.15) is 22.3 Å². The fourth-order valence-corrected chi connectivity index (χ4v) is 6.96. The van der Waals surface area contributed by atoms with E-state index in [4.69, 9.17) is 0 Å². The van der Waals surface area contributed by atoms with Gasteiger partial charge in [0.05, 0.1) is 5.41 Å². The molecule has 0 saturated carbocycles. The van der Waals surface area contributed by atoms with Gasteiger partial charge in [-0.2, -0.15) is 0 Å². The van der Waals surface area contributed by atoms with E-state index in [9.17, 15) is 10.0 Å². The number of hydrogen-bond acceptors (Lipinski definition) is 2. The molecule has 0 unspecified atom stereocenters. The van der Waals surface area contributed by atoms with Crippen LogP contribution >= 0.6 is 0 Å². The van der Waals surface area contributed by atoms with E-state index in [-0.39, 0.29) is 0 Å². The lowest BCUT2D eigenvalue weighted by atomic mass is 9.68. The molecule has 38 heavy (non-hydrogen) atoms. The lowest BCUT2D eigenvalue weighted by molar-refractivity contribution is 0.425. The smallest absolute Gasteiger partial charge is 0.423 e. The van der Waals surface area contributed by atoms with E-state index in [0.717, 1.165) is 11.1 Å². The molecule has 0 aromatic heterocycles. The van der Waals surface area contributed by atoms with Crippen LogP contribution in [0.3, 0.4) is 0 Å². The second-order valence-electron chi connectivity index (χ2n) is 10.3. The Morgan fingerprint density at radius 1 is 0.447 bits per heavy atom. The Hall–Kier alpha value is -4.44. The van der Waals surface area contributed by atoms with Gasteiger partial charge in [-0.1, -0.05) is 121 Å². The van der Waals surface area contributed by atoms with Crippen molar-refractivity contribution in [2.24, 2.45) is 0 Å². The first kappa shape index (κ1) is 21.6. The topological polar surface area (TPSA) is 40.5 Å². The molecule has 0 atom stereocenters. The Balaban J connectivity index is 1.50. The van der Waals surface area contributed by atoms with E-state index >= 15 is 0 Å². The summed E-state index contributed by atoms with van der Waals surface area (Å²) in [6, 6.07) is 45.1. The Kier molecular flexibility index (Phi) is 4.43. The van der Waals surface area contributed by atoms with Crippen molar-refractivity contribution in [1.82, 2.24) is 0 Å². The van der Waals surface area contributed by atoms with Gasteiger partial charge in [0.25, 0.3) is 0 Å². The third kappa shape index (κ3) is 2.70. The molecule has 0 amide bonds. The van der Waals surface area contributed by atoms with E-state index in [2.05, 4.69) is 115 Å². The molecule has 2 N–H and O–H groups in total. The summed E-state index contributed by atoms with van der Waals surface area (Å²) in [5.74, 6) is 0. The van der Waals surface area contributed by atoms with Crippen molar-refractivity contribution >= 4 is 23.4 Å². The van der Waals surface area contributed by atoms with Crippen LogP contribution in [-0.4, -0.2) is 17.2 Å². The molecule has 0 aliphatic heterocycles. The maximum absolute atomic E-state index is 10.1. The summed E-state index contributed by atoms with van der Waals surface area (Å²) in [4.78, 5) is 0. The van der Waals surface area contributed by atoms with Gasteiger partial charge in [0.1, 0.15) is 0 Å². The van der Waals surface area contributed by atoms with Gasteiger partial charge in [0.15, 0.2) is 0 Å². The second kappa shape index (κ2) is 7.78. The van der Waals surface area contributed by atoms with Gasteiger partial charge in [-0.3, -0.25) is 0 Å². The third-order valence-electron chi connectivity index (χ3n) is 8.51. The van der Waals surface area contributed by atoms with Crippen LogP contribution in [0.25, 0.3) is 44.2 Å². The molecule has 6 aromatic carbocycles. The van der Waals surface area contributed by atoms with E-state index in [0.29, 0.717) is 5.46 Å². The summed E-state index contributed by atoms with van der Waals surface area (Å²) >= 11 is 0. The molecule has 0 saturated heterocycles. The molecule has 0 bridgehead atoms. The van der Waals surface area contributed by atoms with Gasteiger partial charge < -0.3 is 10.0 Å². The highest BCUT2D eigenvalue weighted by atomic mass is 16.4. The van der Waals surface area contributed by atoms with Crippen molar-refractivity contribution in [1.29, 1.82) is 0 Å². The second-order valence-corrected chi connectivity index (χ2v) is 10.3. The minimum Gasteiger partial charge on any atom is -0.423 e. The summed E-state index contributed by atoms with van der Waals surface area (Å²) < 4.78 is 0. The van der Waals surface area contributed by atoms with Gasteiger partial charge in [-0.25, -0.2) is 0 Å². The number of fused-ring (bicyclic) bond motifs is 11. The molecule has 1 spiro atoms. The zero-order chi connectivity index (χ0) is 25.4. The third-order valence-corrected chi connectivity index (χ3v) is 8.51. The lowest BCUT2D eigenvalue weighted by Crippen LogP contribution is -2.32. The molecule has 0 heterocycles. The van der Waals surface area contributed by atoms with Crippen LogP contribution in [-0.2, 0) is 5.41 Å². The van der Waals surface area contributed by atoms with E-state index in [1.807, 2.05) is 12.1 Å². The standard InChI is InChI=1S/C35H23BO2/c37-36(38)24-17-19-30-29-18-16-23(26-13-7-9-22-8-1-2-10-25(22)26)20-33(29)35(34(30)21-24)31-14-5-3-11-27(31)28-12-4-6-15-32(28)35/h1-21,37-38H. The molecule has 0 fully saturated rings. The summed E-state index contributed by atoms with van der Waals surface area (Å²) in [5.41, 5.74) is 12.0. The van der Waals surface area contributed by atoms with Crippen LogP contribution in [0.2, 0.25) is 0 Å². The van der Waals surface area contributed by atoms with E-state index in [1.54, 1.807) is 0 Å². The zero-order valence-corrected chi connectivity index (χ0v) is 20.6. The summed E-state index contributed by atoms with van der Waals surface area (Å²) in [6.07, 6.45) is 0. The molecule has 2 aliphatic carbocycles. The van der Waals surface area contributed by atoms with Crippen molar-refractivity contribution in [3.8, 4) is 33.4 Å². The molecule has 178 valence electrons. The van der Waals surface area contributed by atoms with E-state index < -0.39 is 12.5 Å². The van der Waals surface area contributed by atoms with Crippen LogP contribution in [0.15, 0.2) is 127 Å². The highest BCUT2D eigenvalue weighted by molar-refractivity contribution is 6.58. The Morgan fingerprint density at radius 3 is 1.74 bits per heavy atom. The molecule has 2 nitrogen and oxygen atoms in total. The fourth-order valence-electron chi connectivity index (χ4n) is 6.96. The van der Waals surface area contributed by atoms with Crippen molar-refractivity contribution in [2.45, 2.75) is 5.41 Å². The van der Waals surface area contributed by atoms with Crippen LogP contribution in [0, 0.1) is 0 Å². The van der Waals surface area contributed by atoms with Crippen molar-refractivity contribution in [2.75, 3.05) is 0 Å². The molecular formula is C35H23BO2. The van der Waals surface area contributed by atoms with Crippen molar-refractivity contribution in [3.63, 3.8) is 0 Å². The first-order chi connectivity index (χ1) is 18.7. The van der Waals surface area contributed by atoms with Crippen LogP contribution in [0.5, 0.6) is 0 Å². The van der Waals surface area contributed by atoms with Gasteiger partial charge in [0, 0.05) is 0 Å². The highest BCUT2D eigenvalue weighted by Crippen LogP contribution is 2.62. The number of hydrogen-bond donors (Lipinski definition) is 2. The maximum Gasteiger partial charge on any atom is 0.488 e. The molecule has 8 rings (SSSR count). The number of benzene rings is 6. The first-order valence-electron chi connectivity index (χ1n) is 13.0. The predicted octanol–water partition coefficient (Wildman–Crippen LogP) is 6.53. The Labute approximate surface area is 221 Å². The average molecular weight is 486 g/mol. The lowest BCUT2D eigenvalue weighted by Gasteiger charge is -2.31. The van der Waals surface area contributed by atoms with Gasteiger partial charge >= 0.3 is 7.12 Å². The van der Waals surface area contributed by atoms with Gasteiger partial charge in [-0.15, -0.1) is 0 Å². The molecular weight excluding hydrogens is 463 g/mol. The molecule has 2 aliphatic rings. The zero-order valence-electron chi connectivity index (χ0n) is 20.6. The Morgan fingerprint density at radius 2 is 1.00 bits per heavy atom. The molecule has 6 aromatic rings. The van der Waals surface area contributed by atoms with Crippen molar-refractivity contribution < 1.29 is 10.0 Å². The summed E-state index contributed by atoms with van der Waals surface area (Å²) in [6.45, 7) is 0. The van der Waals surface area contributed by atoms with Crippen molar-refractivity contribution in [3.05, 3.63) is 150 Å². The average Bonchev–Trinajstić information content (AvgIpc) is 3.43. The quantitative estimate of drug-likeness (QED) is 0.273. The summed E-state index contributed by atoms with van der Waals surface area (Å²) in [5, 5.41) is 22.7. The predicted molar refractivity (Wildman–Crippen MR) is 156 cm³/mol. The monoisotopic (exact) mass is 486 g/mol. The summed E-state index contributed by atoms with van der Waals surface area (Å²) in [7, 11) is -1.53. The maximum atomic E-state index is 10.1. The van der Waals surface area contributed by atoms with Gasteiger partial charge in [-0.05, 0) is 77.9 Å². The molecule has 3 heteroatoms. The minimum absolute atomic E-state index is 0.507. The molecule has 0 radical (unpaired) electrons. The van der Waals surface area contributed by atoms with Gasteiger partial charge in [0.2, 0.25) is 0 Å².